The van der Waals surface area contributed by atoms with Crippen LogP contribution in [0, 0.1) is 11.3 Å². The van der Waals surface area contributed by atoms with Gasteiger partial charge in [0.2, 0.25) is 0 Å². The SMILES string of the molecule is N#Cc1ccccc1NC(=O)c1cnc(NC2CCCCCC2)cn1. The summed E-state index contributed by atoms with van der Waals surface area (Å²) in [5.41, 5.74) is 1.10. The normalized spacial score (nSPS) is 15.0. The summed E-state index contributed by atoms with van der Waals surface area (Å²) in [4.78, 5) is 20.8. The van der Waals surface area contributed by atoms with E-state index in [2.05, 4.69) is 26.7 Å². The number of carbonyl (C=O) groups excluding carboxylic acids is 1. The number of aromatic nitrogens is 2. The average Bonchev–Trinajstić information content (AvgIpc) is 2.91. The number of carbonyl (C=O) groups is 1. The van der Waals surface area contributed by atoms with E-state index >= 15 is 0 Å². The van der Waals surface area contributed by atoms with Gasteiger partial charge in [0.15, 0.2) is 0 Å². The van der Waals surface area contributed by atoms with Gasteiger partial charge in [-0.2, -0.15) is 5.26 Å². The zero-order chi connectivity index (χ0) is 17.5. The molecular formula is C19H21N5O. The van der Waals surface area contributed by atoms with Gasteiger partial charge in [-0.1, -0.05) is 37.8 Å². The van der Waals surface area contributed by atoms with Crippen molar-refractivity contribution in [2.75, 3.05) is 10.6 Å². The van der Waals surface area contributed by atoms with E-state index in [1.54, 1.807) is 30.5 Å². The zero-order valence-corrected chi connectivity index (χ0v) is 14.0. The summed E-state index contributed by atoms with van der Waals surface area (Å²) in [5.74, 6) is 0.317. The molecule has 0 radical (unpaired) electrons. The molecule has 1 aromatic heterocycles. The molecule has 25 heavy (non-hydrogen) atoms. The number of hydrogen-bond donors (Lipinski definition) is 2. The highest BCUT2D eigenvalue weighted by atomic mass is 16.1. The Hall–Kier alpha value is -2.94. The first kappa shape index (κ1) is 16.9. The number of hydrogen-bond acceptors (Lipinski definition) is 5. The van der Waals surface area contributed by atoms with Gasteiger partial charge in [0.25, 0.3) is 5.91 Å². The highest BCUT2D eigenvalue weighted by Crippen LogP contribution is 2.20. The summed E-state index contributed by atoms with van der Waals surface area (Å²) in [6.45, 7) is 0. The second kappa shape index (κ2) is 8.25. The van der Waals surface area contributed by atoms with Crippen molar-refractivity contribution in [3.63, 3.8) is 0 Å². The van der Waals surface area contributed by atoms with Crippen molar-refractivity contribution in [3.05, 3.63) is 47.9 Å². The maximum atomic E-state index is 12.3. The van der Waals surface area contributed by atoms with Gasteiger partial charge in [0, 0.05) is 6.04 Å². The van der Waals surface area contributed by atoms with E-state index in [1.165, 1.54) is 31.9 Å². The van der Waals surface area contributed by atoms with E-state index in [0.717, 1.165) is 12.8 Å². The lowest BCUT2D eigenvalue weighted by Crippen LogP contribution is -2.20. The van der Waals surface area contributed by atoms with Crippen molar-refractivity contribution < 1.29 is 4.79 Å². The smallest absolute Gasteiger partial charge is 0.275 e. The molecule has 1 fully saturated rings. The number of nitrogens with one attached hydrogen (secondary N) is 2. The zero-order valence-electron chi connectivity index (χ0n) is 14.0. The minimum absolute atomic E-state index is 0.221. The van der Waals surface area contributed by atoms with Crippen molar-refractivity contribution >= 4 is 17.4 Å². The average molecular weight is 335 g/mol. The van der Waals surface area contributed by atoms with Gasteiger partial charge in [-0.05, 0) is 25.0 Å². The third kappa shape index (κ3) is 4.54. The second-order valence-electron chi connectivity index (χ2n) is 6.23. The molecule has 128 valence electrons. The van der Waals surface area contributed by atoms with Crippen LogP contribution in [-0.2, 0) is 0 Å². The van der Waals surface area contributed by atoms with Gasteiger partial charge >= 0.3 is 0 Å². The van der Waals surface area contributed by atoms with E-state index in [-0.39, 0.29) is 11.6 Å². The molecule has 0 aliphatic heterocycles. The van der Waals surface area contributed by atoms with Gasteiger partial charge in [-0.3, -0.25) is 4.79 Å². The fourth-order valence-corrected chi connectivity index (χ4v) is 3.03. The maximum Gasteiger partial charge on any atom is 0.275 e. The second-order valence-corrected chi connectivity index (χ2v) is 6.23. The molecule has 0 atom stereocenters. The Balaban J connectivity index is 1.63. The summed E-state index contributed by atoms with van der Waals surface area (Å²) >= 11 is 0. The topological polar surface area (TPSA) is 90.7 Å². The maximum absolute atomic E-state index is 12.3. The Labute approximate surface area is 147 Å². The van der Waals surface area contributed by atoms with E-state index in [4.69, 9.17) is 5.26 Å². The van der Waals surface area contributed by atoms with Crippen LogP contribution in [-0.4, -0.2) is 21.9 Å². The van der Waals surface area contributed by atoms with Crippen molar-refractivity contribution in [2.45, 2.75) is 44.6 Å². The van der Waals surface area contributed by atoms with E-state index in [9.17, 15) is 4.79 Å². The first-order valence-corrected chi connectivity index (χ1v) is 8.65. The molecule has 0 saturated heterocycles. The van der Waals surface area contributed by atoms with Crippen molar-refractivity contribution in [3.8, 4) is 6.07 Å². The lowest BCUT2D eigenvalue weighted by atomic mass is 10.1. The molecular weight excluding hydrogens is 314 g/mol. The van der Waals surface area contributed by atoms with Gasteiger partial charge < -0.3 is 10.6 Å². The molecule has 1 heterocycles. The largest absolute Gasteiger partial charge is 0.366 e. The lowest BCUT2D eigenvalue weighted by molar-refractivity contribution is 0.102. The highest BCUT2D eigenvalue weighted by Gasteiger charge is 2.14. The number of amides is 1. The summed E-state index contributed by atoms with van der Waals surface area (Å²) in [5, 5.41) is 15.2. The van der Waals surface area contributed by atoms with Gasteiger partial charge in [-0.25, -0.2) is 9.97 Å². The quantitative estimate of drug-likeness (QED) is 0.831. The third-order valence-corrected chi connectivity index (χ3v) is 4.39. The van der Waals surface area contributed by atoms with Crippen molar-refractivity contribution in [2.24, 2.45) is 0 Å². The van der Waals surface area contributed by atoms with Crippen LogP contribution in [0.5, 0.6) is 0 Å². The molecule has 0 unspecified atom stereocenters. The van der Waals surface area contributed by atoms with Crippen LogP contribution >= 0.6 is 0 Å². The summed E-state index contributed by atoms with van der Waals surface area (Å²) < 4.78 is 0. The minimum Gasteiger partial charge on any atom is -0.366 e. The monoisotopic (exact) mass is 335 g/mol. The van der Waals surface area contributed by atoms with Crippen LogP contribution in [0.4, 0.5) is 11.5 Å². The van der Waals surface area contributed by atoms with Crippen molar-refractivity contribution in [1.29, 1.82) is 5.26 Å². The molecule has 0 bridgehead atoms. The van der Waals surface area contributed by atoms with Crippen LogP contribution in [0.15, 0.2) is 36.7 Å². The Morgan fingerprint density at radius 3 is 2.52 bits per heavy atom. The summed E-state index contributed by atoms with van der Waals surface area (Å²) in [6.07, 6.45) is 10.4. The van der Waals surface area contributed by atoms with Crippen molar-refractivity contribution in [1.82, 2.24) is 9.97 Å². The van der Waals surface area contributed by atoms with E-state index < -0.39 is 0 Å². The van der Waals surface area contributed by atoms with E-state index in [1.807, 2.05) is 0 Å². The van der Waals surface area contributed by atoms with Gasteiger partial charge in [-0.15, -0.1) is 0 Å². The number of benzene rings is 1. The van der Waals surface area contributed by atoms with Gasteiger partial charge in [0.1, 0.15) is 17.6 Å². The van der Waals surface area contributed by atoms with Gasteiger partial charge in [0.05, 0.1) is 23.6 Å². The molecule has 1 aliphatic carbocycles. The third-order valence-electron chi connectivity index (χ3n) is 4.39. The Morgan fingerprint density at radius 2 is 1.84 bits per heavy atom. The Bertz CT molecular complexity index is 758. The fourth-order valence-electron chi connectivity index (χ4n) is 3.03. The molecule has 1 amide bonds. The molecule has 0 spiro atoms. The van der Waals surface area contributed by atoms with Crippen LogP contribution in [0.2, 0.25) is 0 Å². The lowest BCUT2D eigenvalue weighted by Gasteiger charge is -2.16. The number of rotatable bonds is 4. The Kier molecular flexibility index (Phi) is 5.57. The number of nitrogens with zero attached hydrogens (tertiary/aromatic N) is 3. The summed E-state index contributed by atoms with van der Waals surface area (Å²) in [6, 6.07) is 9.34. The number of para-hydroxylation sites is 1. The molecule has 2 N–H and O–H groups in total. The predicted molar refractivity (Wildman–Crippen MR) is 96.3 cm³/mol. The molecule has 1 aliphatic rings. The van der Waals surface area contributed by atoms with Crippen LogP contribution in [0.1, 0.15) is 54.6 Å². The fraction of sp³-hybridized carbons (Fsp3) is 0.368. The van der Waals surface area contributed by atoms with E-state index in [0.29, 0.717) is 23.1 Å². The molecule has 3 rings (SSSR count). The Morgan fingerprint density at radius 1 is 1.08 bits per heavy atom. The summed E-state index contributed by atoms with van der Waals surface area (Å²) in [7, 11) is 0. The predicted octanol–water partition coefficient (Wildman–Crippen LogP) is 3.74. The first-order chi connectivity index (χ1) is 12.3. The molecule has 6 nitrogen and oxygen atoms in total. The highest BCUT2D eigenvalue weighted by molar-refractivity contribution is 6.03. The molecule has 1 saturated carbocycles. The standard InChI is InChI=1S/C19H21N5O/c20-11-14-7-5-6-10-16(14)24-19(25)17-12-22-18(13-21-17)23-15-8-3-1-2-4-9-15/h5-7,10,12-13,15H,1-4,8-9H2,(H,22,23)(H,24,25). The van der Waals surface area contributed by atoms with Crippen LogP contribution in [0.25, 0.3) is 0 Å². The van der Waals surface area contributed by atoms with Crippen LogP contribution in [0.3, 0.4) is 0 Å². The molecule has 1 aromatic carbocycles. The first-order valence-electron chi connectivity index (χ1n) is 8.65. The van der Waals surface area contributed by atoms with Crippen LogP contribution < -0.4 is 10.6 Å². The molecule has 6 heteroatoms. The molecule has 2 aromatic rings. The minimum atomic E-state index is -0.379. The number of nitriles is 1. The number of anilines is 2.